The lowest BCUT2D eigenvalue weighted by molar-refractivity contribution is -0.162. The molecule has 0 aliphatic heterocycles. The monoisotopic (exact) mass is 220 g/mol. The van der Waals surface area contributed by atoms with E-state index in [1.54, 1.807) is 0 Å². The van der Waals surface area contributed by atoms with Gasteiger partial charge in [-0.2, -0.15) is 0 Å². The molecule has 0 amide bonds. The van der Waals surface area contributed by atoms with E-state index in [-0.39, 0.29) is 0 Å². The number of carboxylic acids is 3. The van der Waals surface area contributed by atoms with Crippen LogP contribution in [0.5, 0.6) is 0 Å². The Labute approximate surface area is 85.0 Å². The van der Waals surface area contributed by atoms with Gasteiger partial charge in [-0.3, -0.25) is 9.59 Å². The zero-order valence-electron chi connectivity index (χ0n) is 7.84. The summed E-state index contributed by atoms with van der Waals surface area (Å²) in [6, 6.07) is 0. The topological polar surface area (TPSA) is 132 Å². The van der Waals surface area contributed by atoms with E-state index in [0.29, 0.717) is 0 Å². The quantitative estimate of drug-likeness (QED) is 0.456. The molecule has 15 heavy (non-hydrogen) atoms. The van der Waals surface area contributed by atoms with Crippen LogP contribution in [0.15, 0.2) is 0 Å². The molecule has 0 aliphatic carbocycles. The molecule has 4 N–H and O–H groups in total. The van der Waals surface area contributed by atoms with Crippen molar-refractivity contribution in [1.82, 2.24) is 0 Å². The predicted octanol–water partition coefficient (Wildman–Crippen LogP) is -0.468. The van der Waals surface area contributed by atoms with Crippen molar-refractivity contribution in [2.24, 2.45) is 0 Å². The van der Waals surface area contributed by atoms with Gasteiger partial charge in [0.1, 0.15) is 0 Å². The fraction of sp³-hybridized carbons (Fsp3) is 0.625. The summed E-state index contributed by atoms with van der Waals surface area (Å²) in [7, 11) is 0. The lowest BCUT2D eigenvalue weighted by Crippen LogP contribution is -2.39. The number of hydrogen-bond acceptors (Lipinski definition) is 4. The first-order valence-corrected chi connectivity index (χ1v) is 4.17. The molecule has 0 spiro atoms. The van der Waals surface area contributed by atoms with Gasteiger partial charge in [0.05, 0.1) is 0 Å². The van der Waals surface area contributed by atoms with E-state index in [1.165, 1.54) is 0 Å². The molecule has 0 unspecified atom stereocenters. The Morgan fingerprint density at radius 1 is 0.867 bits per heavy atom. The zero-order valence-corrected chi connectivity index (χ0v) is 7.84. The standard InChI is InChI=1S/C8H12O7/c9-5(10)1-3-8(15,7(13)14)4-2-6(11)12/h15H,1-4H2,(H,9,10)(H,11,12)(H,13,14). The molecule has 0 aromatic rings. The van der Waals surface area contributed by atoms with Gasteiger partial charge in [-0.15, -0.1) is 0 Å². The van der Waals surface area contributed by atoms with Crippen molar-refractivity contribution in [2.75, 3.05) is 0 Å². The van der Waals surface area contributed by atoms with E-state index in [2.05, 4.69) is 0 Å². The van der Waals surface area contributed by atoms with Crippen LogP contribution < -0.4 is 0 Å². The van der Waals surface area contributed by atoms with Crippen molar-refractivity contribution in [1.29, 1.82) is 0 Å². The summed E-state index contributed by atoms with van der Waals surface area (Å²) < 4.78 is 0. The first-order chi connectivity index (χ1) is 6.78. The summed E-state index contributed by atoms with van der Waals surface area (Å²) in [5, 5.41) is 34.7. The number of rotatable bonds is 7. The van der Waals surface area contributed by atoms with Crippen LogP contribution in [-0.2, 0) is 14.4 Å². The lowest BCUT2D eigenvalue weighted by Gasteiger charge is -2.21. The fourth-order valence-corrected chi connectivity index (χ4v) is 0.966. The molecule has 0 aromatic heterocycles. The summed E-state index contributed by atoms with van der Waals surface area (Å²) in [5.41, 5.74) is -2.28. The maximum Gasteiger partial charge on any atom is 0.335 e. The highest BCUT2D eigenvalue weighted by Gasteiger charge is 2.36. The van der Waals surface area contributed by atoms with Crippen LogP contribution in [0.2, 0.25) is 0 Å². The Morgan fingerprint density at radius 2 is 1.20 bits per heavy atom. The summed E-state index contributed by atoms with van der Waals surface area (Å²) >= 11 is 0. The van der Waals surface area contributed by atoms with Crippen LogP contribution in [-0.4, -0.2) is 43.9 Å². The Morgan fingerprint density at radius 3 is 1.40 bits per heavy atom. The van der Waals surface area contributed by atoms with Gasteiger partial charge in [-0.05, 0) is 12.8 Å². The molecule has 0 heterocycles. The van der Waals surface area contributed by atoms with Gasteiger partial charge in [-0.1, -0.05) is 0 Å². The second-order valence-electron chi connectivity index (χ2n) is 3.12. The fourth-order valence-electron chi connectivity index (χ4n) is 0.966. The van der Waals surface area contributed by atoms with E-state index >= 15 is 0 Å². The minimum absolute atomic E-state index is 0.509. The molecule has 0 bridgehead atoms. The molecule has 0 rings (SSSR count). The van der Waals surface area contributed by atoms with Crippen molar-refractivity contribution in [3.63, 3.8) is 0 Å². The largest absolute Gasteiger partial charge is 0.481 e. The van der Waals surface area contributed by atoms with Gasteiger partial charge >= 0.3 is 17.9 Å². The van der Waals surface area contributed by atoms with E-state index in [0.717, 1.165) is 0 Å². The molecule has 0 saturated heterocycles. The van der Waals surface area contributed by atoms with Crippen molar-refractivity contribution in [3.8, 4) is 0 Å². The van der Waals surface area contributed by atoms with Crippen molar-refractivity contribution in [2.45, 2.75) is 31.3 Å². The molecule has 0 saturated carbocycles. The van der Waals surface area contributed by atoms with E-state index in [1.807, 2.05) is 0 Å². The molecule has 0 aliphatic rings. The summed E-state index contributed by atoms with van der Waals surface area (Å²) in [4.78, 5) is 31.0. The Bertz CT molecular complexity index is 252. The SMILES string of the molecule is O=C(O)CCC(O)(CCC(=O)O)C(=O)O. The Hall–Kier alpha value is -1.63. The van der Waals surface area contributed by atoms with Crippen LogP contribution in [0.3, 0.4) is 0 Å². The number of carbonyl (C=O) groups is 3. The minimum Gasteiger partial charge on any atom is -0.481 e. The zero-order chi connectivity index (χ0) is 12.1. The molecule has 7 heteroatoms. The number of carboxylic acid groups (broad SMARTS) is 3. The normalized spacial score (nSPS) is 11.0. The highest BCUT2D eigenvalue weighted by molar-refractivity contribution is 5.79. The molecule has 0 aromatic carbocycles. The van der Waals surface area contributed by atoms with Crippen LogP contribution in [0, 0.1) is 0 Å². The predicted molar refractivity (Wildman–Crippen MR) is 46.3 cm³/mol. The summed E-state index contributed by atoms with van der Waals surface area (Å²) in [6.45, 7) is 0. The number of aliphatic hydroxyl groups is 1. The third-order valence-electron chi connectivity index (χ3n) is 1.90. The lowest BCUT2D eigenvalue weighted by atomic mass is 9.92. The van der Waals surface area contributed by atoms with Crippen molar-refractivity contribution in [3.05, 3.63) is 0 Å². The molecule has 0 fully saturated rings. The second kappa shape index (κ2) is 5.30. The van der Waals surface area contributed by atoms with Crippen molar-refractivity contribution >= 4 is 17.9 Å². The average molecular weight is 220 g/mol. The number of hydrogen-bond donors (Lipinski definition) is 4. The first-order valence-electron chi connectivity index (χ1n) is 4.17. The molecule has 86 valence electrons. The molecular weight excluding hydrogens is 208 g/mol. The third-order valence-corrected chi connectivity index (χ3v) is 1.90. The molecule has 0 atom stereocenters. The highest BCUT2D eigenvalue weighted by atomic mass is 16.4. The number of aliphatic carboxylic acids is 3. The summed E-state index contributed by atoms with van der Waals surface area (Å²) in [5.74, 6) is -4.10. The second-order valence-corrected chi connectivity index (χ2v) is 3.12. The van der Waals surface area contributed by atoms with Gasteiger partial charge in [-0.25, -0.2) is 4.79 Å². The third kappa shape index (κ3) is 4.96. The van der Waals surface area contributed by atoms with E-state index in [9.17, 15) is 19.5 Å². The Balaban J connectivity index is 4.38. The van der Waals surface area contributed by atoms with Gasteiger partial charge in [0.2, 0.25) is 0 Å². The van der Waals surface area contributed by atoms with Crippen molar-refractivity contribution < 1.29 is 34.8 Å². The van der Waals surface area contributed by atoms with Gasteiger partial charge < -0.3 is 20.4 Å². The first kappa shape index (κ1) is 13.4. The maximum absolute atomic E-state index is 10.6. The van der Waals surface area contributed by atoms with E-state index in [4.69, 9.17) is 15.3 Å². The van der Waals surface area contributed by atoms with Crippen LogP contribution >= 0.6 is 0 Å². The smallest absolute Gasteiger partial charge is 0.335 e. The molecule has 7 nitrogen and oxygen atoms in total. The summed E-state index contributed by atoms with van der Waals surface area (Å²) in [6.07, 6.45) is -2.07. The molecular formula is C8H12O7. The van der Waals surface area contributed by atoms with Crippen LogP contribution in [0.4, 0.5) is 0 Å². The van der Waals surface area contributed by atoms with Crippen LogP contribution in [0.25, 0.3) is 0 Å². The average Bonchev–Trinajstić information content (AvgIpc) is 2.11. The maximum atomic E-state index is 10.6. The highest BCUT2D eigenvalue weighted by Crippen LogP contribution is 2.20. The molecule has 0 radical (unpaired) electrons. The van der Waals surface area contributed by atoms with E-state index < -0.39 is 49.2 Å². The minimum atomic E-state index is -2.28. The van der Waals surface area contributed by atoms with Gasteiger partial charge in [0.15, 0.2) is 5.60 Å². The van der Waals surface area contributed by atoms with Gasteiger partial charge in [0.25, 0.3) is 0 Å². The Kier molecular flexibility index (Phi) is 4.72. The van der Waals surface area contributed by atoms with Gasteiger partial charge in [0, 0.05) is 12.8 Å². The van der Waals surface area contributed by atoms with Crippen LogP contribution in [0.1, 0.15) is 25.7 Å².